The SMILES string of the molecule is CCC(CCN)OO[PH](=O)OC. The van der Waals surface area contributed by atoms with Crippen molar-refractivity contribution in [2.24, 2.45) is 5.73 Å². The van der Waals surface area contributed by atoms with Crippen molar-refractivity contribution in [1.82, 2.24) is 0 Å². The first-order chi connectivity index (χ1) is 5.74. The molecule has 0 aromatic rings. The van der Waals surface area contributed by atoms with Crippen LogP contribution in [0.2, 0.25) is 0 Å². The molecule has 2 unspecified atom stereocenters. The highest BCUT2D eigenvalue weighted by Crippen LogP contribution is 2.23. The zero-order valence-electron chi connectivity index (χ0n) is 7.41. The number of rotatable bonds is 7. The monoisotopic (exact) mass is 197 g/mol. The molecule has 0 amide bonds. The van der Waals surface area contributed by atoms with Crippen molar-refractivity contribution < 1.29 is 18.7 Å². The van der Waals surface area contributed by atoms with Crippen LogP contribution in [0.25, 0.3) is 0 Å². The summed E-state index contributed by atoms with van der Waals surface area (Å²) in [7, 11) is -1.16. The molecule has 74 valence electrons. The average molecular weight is 197 g/mol. The van der Waals surface area contributed by atoms with Gasteiger partial charge in [0.05, 0.1) is 6.10 Å². The van der Waals surface area contributed by atoms with Crippen molar-refractivity contribution in [3.63, 3.8) is 0 Å². The van der Waals surface area contributed by atoms with E-state index in [0.29, 0.717) is 13.0 Å². The number of hydrogen-bond donors (Lipinski definition) is 1. The molecule has 0 rings (SSSR count). The van der Waals surface area contributed by atoms with Gasteiger partial charge < -0.3 is 10.3 Å². The molecule has 12 heavy (non-hydrogen) atoms. The summed E-state index contributed by atoms with van der Waals surface area (Å²) in [6.07, 6.45) is 1.37. The van der Waals surface area contributed by atoms with E-state index >= 15 is 0 Å². The third-order valence-corrected chi connectivity index (χ3v) is 1.93. The Balaban J connectivity index is 3.50. The van der Waals surface area contributed by atoms with E-state index in [0.717, 1.165) is 6.42 Å². The highest BCUT2D eigenvalue weighted by atomic mass is 31.1. The van der Waals surface area contributed by atoms with Crippen molar-refractivity contribution >= 4 is 8.25 Å². The lowest BCUT2D eigenvalue weighted by molar-refractivity contribution is -0.247. The topological polar surface area (TPSA) is 70.8 Å². The van der Waals surface area contributed by atoms with E-state index in [9.17, 15) is 4.57 Å². The Hall–Kier alpha value is 0.0700. The van der Waals surface area contributed by atoms with Crippen LogP contribution in [0.1, 0.15) is 19.8 Å². The van der Waals surface area contributed by atoms with Crippen LogP contribution < -0.4 is 5.73 Å². The molecule has 0 aliphatic heterocycles. The summed E-state index contributed by atoms with van der Waals surface area (Å²) in [4.78, 5) is 4.81. The molecule has 0 bridgehead atoms. The molecule has 0 spiro atoms. The highest BCUT2D eigenvalue weighted by Gasteiger charge is 2.08. The van der Waals surface area contributed by atoms with Gasteiger partial charge in [-0.3, -0.25) is 4.57 Å². The molecule has 6 heteroatoms. The van der Waals surface area contributed by atoms with E-state index in [4.69, 9.17) is 10.6 Å². The summed E-state index contributed by atoms with van der Waals surface area (Å²) in [5.41, 5.74) is 5.31. The first kappa shape index (κ1) is 12.1. The summed E-state index contributed by atoms with van der Waals surface area (Å²) in [5, 5.41) is 0. The second-order valence-electron chi connectivity index (χ2n) is 2.24. The molecule has 0 radical (unpaired) electrons. The molecule has 0 heterocycles. The second kappa shape index (κ2) is 7.71. The standard InChI is InChI=1S/C6H16NO4P/c1-3-6(4-5-7)10-11-12(8)9-2/h6,12H,3-5,7H2,1-2H3. The van der Waals surface area contributed by atoms with E-state index in [-0.39, 0.29) is 6.10 Å². The Morgan fingerprint density at radius 3 is 2.67 bits per heavy atom. The average Bonchev–Trinajstić information content (AvgIpc) is 2.11. The third-order valence-electron chi connectivity index (χ3n) is 1.36. The predicted octanol–water partition coefficient (Wildman–Crippen LogP) is 1.10. The lowest BCUT2D eigenvalue weighted by atomic mass is 10.2. The van der Waals surface area contributed by atoms with Crippen LogP contribution >= 0.6 is 8.25 Å². The van der Waals surface area contributed by atoms with E-state index in [2.05, 4.69) is 9.20 Å². The molecule has 5 nitrogen and oxygen atoms in total. The van der Waals surface area contributed by atoms with Gasteiger partial charge in [0.1, 0.15) is 0 Å². The van der Waals surface area contributed by atoms with Crippen molar-refractivity contribution in [1.29, 1.82) is 0 Å². The van der Waals surface area contributed by atoms with Gasteiger partial charge in [-0.15, -0.1) is 0 Å². The predicted molar refractivity (Wildman–Crippen MR) is 45.9 cm³/mol. The van der Waals surface area contributed by atoms with Crippen LogP contribution in [0.5, 0.6) is 0 Å². The molecule has 0 aromatic carbocycles. The molecular formula is C6H16NO4P. The summed E-state index contributed by atoms with van der Waals surface area (Å²) < 4.78 is 19.5. The molecule has 0 aliphatic rings. The Morgan fingerprint density at radius 1 is 1.58 bits per heavy atom. The molecule has 0 fully saturated rings. The highest BCUT2D eigenvalue weighted by molar-refractivity contribution is 7.33. The Morgan fingerprint density at radius 2 is 2.25 bits per heavy atom. The molecule has 0 saturated heterocycles. The van der Waals surface area contributed by atoms with E-state index in [1.54, 1.807) is 0 Å². The summed E-state index contributed by atoms with van der Waals surface area (Å²) >= 11 is 0. The van der Waals surface area contributed by atoms with Crippen molar-refractivity contribution in [3.05, 3.63) is 0 Å². The molecule has 2 atom stereocenters. The minimum Gasteiger partial charge on any atom is -0.330 e. The minimum absolute atomic E-state index is 0.0981. The first-order valence-electron chi connectivity index (χ1n) is 3.85. The van der Waals surface area contributed by atoms with Crippen molar-refractivity contribution in [3.8, 4) is 0 Å². The quantitative estimate of drug-likeness (QED) is 0.376. The van der Waals surface area contributed by atoms with Gasteiger partial charge in [0.25, 0.3) is 0 Å². The maximum Gasteiger partial charge on any atom is 0.346 e. The summed E-state index contributed by atoms with van der Waals surface area (Å²) in [6, 6.07) is 0. The summed E-state index contributed by atoms with van der Waals surface area (Å²) in [6.45, 7) is 2.46. The van der Waals surface area contributed by atoms with Gasteiger partial charge in [0, 0.05) is 7.11 Å². The van der Waals surface area contributed by atoms with Gasteiger partial charge >= 0.3 is 8.25 Å². The fraction of sp³-hybridized carbons (Fsp3) is 1.00. The Bertz CT molecular complexity index is 133. The number of nitrogens with two attached hydrogens (primary N) is 1. The van der Waals surface area contributed by atoms with Crippen LogP contribution in [-0.4, -0.2) is 19.8 Å². The zero-order valence-corrected chi connectivity index (χ0v) is 8.41. The Labute approximate surface area is 73.1 Å². The zero-order chi connectivity index (χ0) is 9.40. The fourth-order valence-corrected chi connectivity index (χ4v) is 0.930. The lowest BCUT2D eigenvalue weighted by Gasteiger charge is -2.12. The van der Waals surface area contributed by atoms with Crippen molar-refractivity contribution in [2.45, 2.75) is 25.9 Å². The van der Waals surface area contributed by atoms with Crippen LogP contribution in [0.3, 0.4) is 0 Å². The van der Waals surface area contributed by atoms with Crippen LogP contribution in [0.15, 0.2) is 0 Å². The third kappa shape index (κ3) is 5.69. The van der Waals surface area contributed by atoms with Crippen LogP contribution in [-0.2, 0) is 18.7 Å². The van der Waals surface area contributed by atoms with Gasteiger partial charge in [-0.2, -0.15) is 4.67 Å². The summed E-state index contributed by atoms with van der Waals surface area (Å²) in [5.74, 6) is 0. The van der Waals surface area contributed by atoms with Crippen LogP contribution in [0, 0.1) is 0 Å². The van der Waals surface area contributed by atoms with Gasteiger partial charge in [0.15, 0.2) is 0 Å². The lowest BCUT2D eigenvalue weighted by Crippen LogP contribution is -2.15. The van der Waals surface area contributed by atoms with Gasteiger partial charge in [0.2, 0.25) is 0 Å². The van der Waals surface area contributed by atoms with Crippen LogP contribution in [0.4, 0.5) is 0 Å². The molecule has 2 N–H and O–H groups in total. The van der Waals surface area contributed by atoms with E-state index in [1.807, 2.05) is 6.92 Å². The smallest absolute Gasteiger partial charge is 0.330 e. The van der Waals surface area contributed by atoms with Crippen molar-refractivity contribution in [2.75, 3.05) is 13.7 Å². The second-order valence-corrected chi connectivity index (χ2v) is 3.32. The molecule has 0 aliphatic carbocycles. The first-order valence-corrected chi connectivity index (χ1v) is 5.08. The minimum atomic E-state index is -2.46. The van der Waals surface area contributed by atoms with Gasteiger partial charge in [-0.25, -0.2) is 4.89 Å². The normalized spacial score (nSPS) is 15.9. The fourth-order valence-electron chi connectivity index (χ4n) is 0.648. The van der Waals surface area contributed by atoms with E-state index in [1.165, 1.54) is 7.11 Å². The van der Waals surface area contributed by atoms with Gasteiger partial charge in [-0.1, -0.05) is 6.92 Å². The van der Waals surface area contributed by atoms with E-state index < -0.39 is 8.25 Å². The maximum atomic E-state index is 10.6. The number of hydrogen-bond acceptors (Lipinski definition) is 5. The molecule has 0 saturated carbocycles. The molecule has 0 aromatic heterocycles. The Kier molecular flexibility index (Phi) is 7.75. The molecular weight excluding hydrogens is 181 g/mol. The van der Waals surface area contributed by atoms with Gasteiger partial charge in [-0.05, 0) is 19.4 Å². The largest absolute Gasteiger partial charge is 0.346 e. The maximum absolute atomic E-state index is 10.6.